The Labute approximate surface area is 120 Å². The van der Waals surface area contributed by atoms with Crippen LogP contribution < -0.4 is 10.1 Å². The summed E-state index contributed by atoms with van der Waals surface area (Å²) in [6.07, 6.45) is 3.31. The van der Waals surface area contributed by atoms with Crippen molar-refractivity contribution in [2.24, 2.45) is 0 Å². The molecule has 102 valence electrons. The van der Waals surface area contributed by atoms with Crippen molar-refractivity contribution in [3.8, 4) is 16.9 Å². The lowest BCUT2D eigenvalue weighted by molar-refractivity contribution is 0.346. The van der Waals surface area contributed by atoms with E-state index >= 15 is 0 Å². The van der Waals surface area contributed by atoms with Gasteiger partial charge in [-0.3, -0.25) is 0 Å². The highest BCUT2D eigenvalue weighted by molar-refractivity contribution is 5.70. The van der Waals surface area contributed by atoms with Crippen LogP contribution in [0.2, 0.25) is 0 Å². The van der Waals surface area contributed by atoms with Crippen LogP contribution in [0.5, 0.6) is 5.75 Å². The molecule has 2 aromatic carbocycles. The van der Waals surface area contributed by atoms with E-state index in [0.717, 1.165) is 30.8 Å². The minimum absolute atomic E-state index is 0.686. The third kappa shape index (κ3) is 3.09. The molecule has 0 saturated heterocycles. The van der Waals surface area contributed by atoms with Crippen molar-refractivity contribution < 1.29 is 4.74 Å². The fourth-order valence-corrected chi connectivity index (χ4v) is 2.42. The minimum Gasteiger partial charge on any atom is -0.489 e. The van der Waals surface area contributed by atoms with E-state index < -0.39 is 0 Å². The highest BCUT2D eigenvalue weighted by atomic mass is 16.5. The second-order valence-electron chi connectivity index (χ2n) is 4.97. The van der Waals surface area contributed by atoms with Gasteiger partial charge in [0.2, 0.25) is 0 Å². The quantitative estimate of drug-likeness (QED) is 0.852. The average Bonchev–Trinajstić information content (AvgIpc) is 2.55. The molecule has 2 nitrogen and oxygen atoms in total. The summed E-state index contributed by atoms with van der Waals surface area (Å²) in [6.45, 7) is 2.69. The molecule has 0 unspecified atom stereocenters. The average molecular weight is 265 g/mol. The second-order valence-corrected chi connectivity index (χ2v) is 4.97. The maximum absolute atomic E-state index is 6.03. The van der Waals surface area contributed by atoms with Gasteiger partial charge < -0.3 is 10.1 Å². The first-order valence-corrected chi connectivity index (χ1v) is 7.09. The Morgan fingerprint density at radius 1 is 0.950 bits per heavy atom. The molecule has 1 N–H and O–H groups in total. The van der Waals surface area contributed by atoms with Gasteiger partial charge in [0, 0.05) is 12.1 Å². The summed E-state index contributed by atoms with van der Waals surface area (Å²) in [4.78, 5) is 0. The van der Waals surface area contributed by atoms with Crippen LogP contribution in [-0.2, 0) is 0 Å². The van der Waals surface area contributed by atoms with Crippen molar-refractivity contribution in [1.29, 1.82) is 0 Å². The van der Waals surface area contributed by atoms with E-state index in [0.29, 0.717) is 6.61 Å². The Balaban J connectivity index is 1.78. The molecular weight excluding hydrogens is 246 g/mol. The molecule has 0 saturated carbocycles. The van der Waals surface area contributed by atoms with Crippen LogP contribution in [0.4, 0.5) is 0 Å². The Morgan fingerprint density at radius 3 is 2.55 bits per heavy atom. The van der Waals surface area contributed by atoms with E-state index in [9.17, 15) is 0 Å². The Hall–Kier alpha value is -2.06. The van der Waals surface area contributed by atoms with E-state index in [1.807, 2.05) is 18.2 Å². The molecule has 2 aromatic rings. The molecule has 20 heavy (non-hydrogen) atoms. The highest BCUT2D eigenvalue weighted by Crippen LogP contribution is 2.29. The number of hydrogen-bond donors (Lipinski definition) is 1. The summed E-state index contributed by atoms with van der Waals surface area (Å²) >= 11 is 0. The maximum Gasteiger partial charge on any atom is 0.127 e. The van der Waals surface area contributed by atoms with Crippen LogP contribution in [0.25, 0.3) is 11.1 Å². The van der Waals surface area contributed by atoms with E-state index in [1.165, 1.54) is 11.1 Å². The van der Waals surface area contributed by atoms with E-state index in [-0.39, 0.29) is 0 Å². The van der Waals surface area contributed by atoms with Crippen LogP contribution >= 0.6 is 0 Å². The van der Waals surface area contributed by atoms with Crippen molar-refractivity contribution in [2.45, 2.75) is 6.42 Å². The standard InChI is InChI=1S/C18H19NO/c1-2-6-16(7-3-1)17-8-4-5-9-18(17)20-14-15-10-12-19-13-11-15/h1-10,19H,11-14H2. The first kappa shape index (κ1) is 12.9. The van der Waals surface area contributed by atoms with Crippen molar-refractivity contribution in [3.05, 3.63) is 66.2 Å². The molecule has 0 aromatic heterocycles. The molecule has 2 heteroatoms. The highest BCUT2D eigenvalue weighted by Gasteiger charge is 2.07. The molecule has 0 fully saturated rings. The summed E-state index contributed by atoms with van der Waals surface area (Å²) in [5.41, 5.74) is 3.73. The molecule has 3 rings (SSSR count). The van der Waals surface area contributed by atoms with Gasteiger partial charge in [0.05, 0.1) is 0 Å². The summed E-state index contributed by atoms with van der Waals surface area (Å²) in [7, 11) is 0. The van der Waals surface area contributed by atoms with Crippen LogP contribution in [0.3, 0.4) is 0 Å². The summed E-state index contributed by atoms with van der Waals surface area (Å²) in [6, 6.07) is 18.6. The smallest absolute Gasteiger partial charge is 0.127 e. The van der Waals surface area contributed by atoms with Crippen LogP contribution in [0, 0.1) is 0 Å². The molecule has 1 aliphatic rings. The zero-order valence-electron chi connectivity index (χ0n) is 11.5. The molecule has 0 bridgehead atoms. The van der Waals surface area contributed by atoms with Crippen LogP contribution in [-0.4, -0.2) is 19.7 Å². The third-order valence-electron chi connectivity index (χ3n) is 3.54. The second kappa shape index (κ2) is 6.40. The Morgan fingerprint density at radius 2 is 1.75 bits per heavy atom. The fourth-order valence-electron chi connectivity index (χ4n) is 2.42. The molecule has 0 radical (unpaired) electrons. The number of nitrogens with one attached hydrogen (secondary N) is 1. The van der Waals surface area contributed by atoms with E-state index in [4.69, 9.17) is 4.74 Å². The van der Waals surface area contributed by atoms with Crippen molar-refractivity contribution in [1.82, 2.24) is 5.32 Å². The first-order valence-electron chi connectivity index (χ1n) is 7.09. The zero-order chi connectivity index (χ0) is 13.6. The predicted octanol–water partition coefficient (Wildman–Crippen LogP) is 3.65. The van der Waals surface area contributed by atoms with Gasteiger partial charge in [-0.2, -0.15) is 0 Å². The molecule has 1 heterocycles. The van der Waals surface area contributed by atoms with Crippen molar-refractivity contribution in [2.75, 3.05) is 19.7 Å². The van der Waals surface area contributed by atoms with Gasteiger partial charge >= 0.3 is 0 Å². The van der Waals surface area contributed by atoms with Gasteiger partial charge in [-0.05, 0) is 30.2 Å². The number of para-hydroxylation sites is 1. The summed E-state index contributed by atoms with van der Waals surface area (Å²) < 4.78 is 6.03. The summed E-state index contributed by atoms with van der Waals surface area (Å²) in [5.74, 6) is 0.957. The lowest BCUT2D eigenvalue weighted by atomic mass is 10.0. The first-order chi connectivity index (χ1) is 9.93. The lowest BCUT2D eigenvalue weighted by Gasteiger charge is -2.16. The van der Waals surface area contributed by atoms with Crippen LogP contribution in [0.15, 0.2) is 66.2 Å². The Bertz CT molecular complexity index is 589. The third-order valence-corrected chi connectivity index (χ3v) is 3.54. The van der Waals surface area contributed by atoms with Crippen LogP contribution in [0.1, 0.15) is 6.42 Å². The normalized spacial score (nSPS) is 14.7. The number of benzene rings is 2. The molecular formula is C18H19NO. The molecule has 0 atom stereocenters. The number of hydrogen-bond acceptors (Lipinski definition) is 2. The SMILES string of the molecule is C1=C(COc2ccccc2-c2ccccc2)CCNC1. The van der Waals surface area contributed by atoms with Gasteiger partial charge in [-0.15, -0.1) is 0 Å². The van der Waals surface area contributed by atoms with Crippen molar-refractivity contribution in [3.63, 3.8) is 0 Å². The molecule has 1 aliphatic heterocycles. The Kier molecular flexibility index (Phi) is 4.14. The van der Waals surface area contributed by atoms with E-state index in [2.05, 4.69) is 47.8 Å². The van der Waals surface area contributed by atoms with Gasteiger partial charge in [0.1, 0.15) is 12.4 Å². The number of ether oxygens (including phenoxy) is 1. The van der Waals surface area contributed by atoms with Gasteiger partial charge in [-0.25, -0.2) is 0 Å². The summed E-state index contributed by atoms with van der Waals surface area (Å²) in [5, 5.41) is 3.32. The molecule has 0 spiro atoms. The van der Waals surface area contributed by atoms with Gasteiger partial charge in [-0.1, -0.05) is 54.6 Å². The minimum atomic E-state index is 0.686. The predicted molar refractivity (Wildman–Crippen MR) is 82.9 cm³/mol. The lowest BCUT2D eigenvalue weighted by Crippen LogP contribution is -2.22. The van der Waals surface area contributed by atoms with Crippen molar-refractivity contribution >= 4 is 0 Å². The largest absolute Gasteiger partial charge is 0.489 e. The molecule has 0 amide bonds. The topological polar surface area (TPSA) is 21.3 Å². The zero-order valence-corrected chi connectivity index (χ0v) is 11.5. The molecule has 0 aliphatic carbocycles. The maximum atomic E-state index is 6.03. The number of rotatable bonds is 4. The van der Waals surface area contributed by atoms with Gasteiger partial charge in [0.15, 0.2) is 0 Å². The van der Waals surface area contributed by atoms with E-state index in [1.54, 1.807) is 0 Å². The fraction of sp³-hybridized carbons (Fsp3) is 0.222. The monoisotopic (exact) mass is 265 g/mol. The van der Waals surface area contributed by atoms with Gasteiger partial charge in [0.25, 0.3) is 0 Å².